The van der Waals surface area contributed by atoms with Gasteiger partial charge in [-0.1, -0.05) is 65.5 Å². The Balaban J connectivity index is 1.49. The third kappa shape index (κ3) is 3.52. The number of alkyl halides is 1. The number of halogens is 1. The zero-order valence-corrected chi connectivity index (χ0v) is 20.0. The van der Waals surface area contributed by atoms with Crippen LogP contribution in [0.3, 0.4) is 0 Å². The summed E-state index contributed by atoms with van der Waals surface area (Å²) in [4.78, 5) is 0. The fraction of sp³-hybridized carbons (Fsp3) is 0.926. The summed E-state index contributed by atoms with van der Waals surface area (Å²) in [7, 11) is 0. The minimum Gasteiger partial charge on any atom is -0.123 e. The lowest BCUT2D eigenvalue weighted by Gasteiger charge is -2.58. The highest BCUT2D eigenvalue weighted by Gasteiger charge is 2.58. The summed E-state index contributed by atoms with van der Waals surface area (Å²) in [6.07, 6.45) is 18.0. The number of hydrogen-bond acceptors (Lipinski definition) is 0. The van der Waals surface area contributed by atoms with Gasteiger partial charge >= 0.3 is 0 Å². The summed E-state index contributed by atoms with van der Waals surface area (Å²) < 4.78 is 0. The van der Waals surface area contributed by atoms with Gasteiger partial charge in [-0.2, -0.15) is 0 Å². The lowest BCUT2D eigenvalue weighted by atomic mass is 9.47. The maximum absolute atomic E-state index is 6.56. The van der Waals surface area contributed by atoms with E-state index in [0.29, 0.717) is 16.2 Å². The van der Waals surface area contributed by atoms with Crippen molar-refractivity contribution in [3.63, 3.8) is 0 Å². The van der Waals surface area contributed by atoms with E-state index in [1.54, 1.807) is 5.57 Å². The van der Waals surface area contributed by atoms with Crippen LogP contribution in [-0.2, 0) is 0 Å². The molecule has 0 amide bonds. The summed E-state index contributed by atoms with van der Waals surface area (Å²) in [5.41, 5.74) is 2.82. The first-order valence-electron chi connectivity index (χ1n) is 12.6. The molecule has 8 atom stereocenters. The average molecular weight is 405 g/mol. The second kappa shape index (κ2) is 7.94. The minimum absolute atomic E-state index is 0.396. The third-order valence-electron chi connectivity index (χ3n) is 10.2. The summed E-state index contributed by atoms with van der Waals surface area (Å²) in [5.74, 6) is 5.62. The molecular weight excluding hydrogens is 360 g/mol. The quantitative estimate of drug-likeness (QED) is 0.317. The van der Waals surface area contributed by atoms with Gasteiger partial charge in [0.1, 0.15) is 0 Å². The van der Waals surface area contributed by atoms with Gasteiger partial charge in [0.25, 0.3) is 0 Å². The predicted octanol–water partition coefficient (Wildman–Crippen LogP) is 8.64. The number of allylic oxidation sites excluding steroid dienone is 2. The zero-order chi connectivity index (χ0) is 20.1. The van der Waals surface area contributed by atoms with Crippen LogP contribution in [0.4, 0.5) is 0 Å². The Morgan fingerprint density at radius 3 is 2.54 bits per heavy atom. The van der Waals surface area contributed by atoms with Gasteiger partial charge in [-0.25, -0.2) is 0 Å². The summed E-state index contributed by atoms with van der Waals surface area (Å²) in [6.45, 7) is 12.7. The molecule has 0 nitrogen and oxygen atoms in total. The molecule has 0 aromatic rings. The molecule has 0 unspecified atom stereocenters. The molecule has 4 aliphatic rings. The van der Waals surface area contributed by atoms with Crippen molar-refractivity contribution in [2.24, 2.45) is 46.3 Å². The second-order valence-corrected chi connectivity index (χ2v) is 12.7. The molecule has 0 spiro atoms. The maximum atomic E-state index is 6.56. The topological polar surface area (TPSA) is 0 Å². The Morgan fingerprint density at radius 1 is 1.00 bits per heavy atom. The van der Waals surface area contributed by atoms with Gasteiger partial charge in [0.05, 0.1) is 0 Å². The van der Waals surface area contributed by atoms with Crippen molar-refractivity contribution in [1.29, 1.82) is 0 Å². The van der Waals surface area contributed by atoms with Gasteiger partial charge in [-0.15, -0.1) is 11.6 Å². The first kappa shape index (κ1) is 21.3. The Bertz CT molecular complexity index is 591. The molecule has 3 fully saturated rings. The van der Waals surface area contributed by atoms with E-state index in [1.807, 2.05) is 0 Å². The van der Waals surface area contributed by atoms with E-state index in [1.165, 1.54) is 70.6 Å². The monoisotopic (exact) mass is 404 g/mol. The fourth-order valence-electron chi connectivity index (χ4n) is 8.64. The molecule has 0 heterocycles. The van der Waals surface area contributed by atoms with Crippen LogP contribution in [0.1, 0.15) is 105 Å². The zero-order valence-electron chi connectivity index (χ0n) is 19.3. The second-order valence-electron chi connectivity index (χ2n) is 12.1. The summed E-state index contributed by atoms with van der Waals surface area (Å²) in [6, 6.07) is 0. The fourth-order valence-corrected chi connectivity index (χ4v) is 8.92. The normalized spacial score (nSPS) is 46.5. The molecule has 0 aromatic heterocycles. The van der Waals surface area contributed by atoms with Crippen molar-refractivity contribution < 1.29 is 0 Å². The lowest BCUT2D eigenvalue weighted by Crippen LogP contribution is -2.50. The Labute approximate surface area is 180 Å². The lowest BCUT2D eigenvalue weighted by molar-refractivity contribution is -0.0498. The molecule has 0 saturated heterocycles. The van der Waals surface area contributed by atoms with E-state index < -0.39 is 0 Å². The molecule has 1 heteroatoms. The van der Waals surface area contributed by atoms with Crippen molar-refractivity contribution in [2.45, 2.75) is 111 Å². The van der Waals surface area contributed by atoms with Gasteiger partial charge in [-0.3, -0.25) is 0 Å². The van der Waals surface area contributed by atoms with E-state index in [9.17, 15) is 0 Å². The molecular formula is C27H45Cl. The standard InChI is InChI=1S/C27H45Cl/c1-18(2)7-6-8-19(3)23-11-12-24-22-10-9-20-17-21(28)13-15-26(20,4)25(22)14-16-27(23,24)5/h9,18-19,21-25H,6-8,10-17H2,1-5H3/t19-,21-,22+,23-,24+,25+,26-,27-/m0/s1. The first-order valence-corrected chi connectivity index (χ1v) is 13.0. The van der Waals surface area contributed by atoms with Gasteiger partial charge in [0.2, 0.25) is 0 Å². The number of fused-ring (bicyclic) bond motifs is 5. The van der Waals surface area contributed by atoms with Crippen molar-refractivity contribution >= 4 is 11.6 Å². The minimum atomic E-state index is 0.396. The van der Waals surface area contributed by atoms with Crippen LogP contribution in [0.2, 0.25) is 0 Å². The van der Waals surface area contributed by atoms with E-state index in [-0.39, 0.29) is 0 Å². The van der Waals surface area contributed by atoms with Gasteiger partial charge in [0, 0.05) is 5.38 Å². The maximum Gasteiger partial charge on any atom is 0.0373 e. The molecule has 160 valence electrons. The highest BCUT2D eigenvalue weighted by molar-refractivity contribution is 6.20. The van der Waals surface area contributed by atoms with Crippen LogP contribution in [0, 0.1) is 46.3 Å². The first-order chi connectivity index (χ1) is 13.3. The van der Waals surface area contributed by atoms with E-state index in [2.05, 4.69) is 40.7 Å². The molecule has 3 saturated carbocycles. The van der Waals surface area contributed by atoms with E-state index in [4.69, 9.17) is 11.6 Å². The Hall–Kier alpha value is 0.0300. The molecule has 0 aromatic carbocycles. The molecule has 28 heavy (non-hydrogen) atoms. The van der Waals surface area contributed by atoms with Crippen LogP contribution in [0.25, 0.3) is 0 Å². The van der Waals surface area contributed by atoms with Gasteiger partial charge in [-0.05, 0) is 97.7 Å². The van der Waals surface area contributed by atoms with Crippen LogP contribution < -0.4 is 0 Å². The molecule has 0 radical (unpaired) electrons. The van der Waals surface area contributed by atoms with Gasteiger partial charge < -0.3 is 0 Å². The van der Waals surface area contributed by atoms with Crippen molar-refractivity contribution in [2.75, 3.05) is 0 Å². The van der Waals surface area contributed by atoms with Crippen molar-refractivity contribution in [3.8, 4) is 0 Å². The SMILES string of the molecule is CC(C)CCC[C@H](C)[C@@H]1CC[C@@H]2[C@H]3CC=C4C[C@@H](Cl)CC[C@]4(C)[C@@H]3CC[C@]21C. The highest BCUT2D eigenvalue weighted by atomic mass is 35.5. The molecule has 4 rings (SSSR count). The smallest absolute Gasteiger partial charge is 0.0373 e. The Morgan fingerprint density at radius 2 is 1.79 bits per heavy atom. The van der Waals surface area contributed by atoms with Crippen molar-refractivity contribution in [3.05, 3.63) is 11.6 Å². The number of hydrogen-bond donors (Lipinski definition) is 0. The van der Waals surface area contributed by atoms with Crippen molar-refractivity contribution in [1.82, 2.24) is 0 Å². The van der Waals surface area contributed by atoms with E-state index in [0.717, 1.165) is 35.5 Å². The molecule has 4 aliphatic carbocycles. The van der Waals surface area contributed by atoms with Crippen LogP contribution >= 0.6 is 11.6 Å². The average Bonchev–Trinajstić information content (AvgIpc) is 2.99. The predicted molar refractivity (Wildman–Crippen MR) is 123 cm³/mol. The molecule has 0 bridgehead atoms. The van der Waals surface area contributed by atoms with Crippen LogP contribution in [0.15, 0.2) is 11.6 Å². The highest BCUT2D eigenvalue weighted by Crippen LogP contribution is 2.67. The largest absolute Gasteiger partial charge is 0.123 e. The van der Waals surface area contributed by atoms with E-state index >= 15 is 0 Å². The number of rotatable bonds is 5. The van der Waals surface area contributed by atoms with Crippen LogP contribution in [-0.4, -0.2) is 5.38 Å². The summed E-state index contributed by atoms with van der Waals surface area (Å²) in [5, 5.41) is 0.396. The van der Waals surface area contributed by atoms with Gasteiger partial charge in [0.15, 0.2) is 0 Å². The Kier molecular flexibility index (Phi) is 6.03. The molecule has 0 N–H and O–H groups in total. The summed E-state index contributed by atoms with van der Waals surface area (Å²) >= 11 is 6.56. The molecule has 0 aliphatic heterocycles. The third-order valence-corrected chi connectivity index (χ3v) is 10.6. The van der Waals surface area contributed by atoms with Crippen LogP contribution in [0.5, 0.6) is 0 Å².